The molecule has 9 rings (SSSR count). The first-order valence-electron chi connectivity index (χ1n) is 19.6. The van der Waals surface area contributed by atoms with Gasteiger partial charge in [0.15, 0.2) is 5.82 Å². The lowest BCUT2D eigenvalue weighted by molar-refractivity contribution is -0.141. The van der Waals surface area contributed by atoms with Gasteiger partial charge in [0.05, 0.1) is 44.8 Å². The van der Waals surface area contributed by atoms with Crippen LogP contribution in [0.4, 0.5) is 45.3 Å². The van der Waals surface area contributed by atoms with Crippen molar-refractivity contribution in [2.24, 2.45) is 5.92 Å². The highest BCUT2D eigenvalue weighted by atomic mass is 35.5. The summed E-state index contributed by atoms with van der Waals surface area (Å²) in [6, 6.07) is 6.97. The molecule has 1 fully saturated rings. The summed E-state index contributed by atoms with van der Waals surface area (Å²) in [6.07, 6.45) is -5.37. The Balaban J connectivity index is 1.29. The molecule has 0 saturated heterocycles. The third-order valence-corrected chi connectivity index (χ3v) is 12.0. The molecule has 7 aromatic rings. The van der Waals surface area contributed by atoms with Crippen LogP contribution in [0.25, 0.3) is 38.6 Å². The van der Waals surface area contributed by atoms with E-state index in [1.165, 1.54) is 30.6 Å². The van der Waals surface area contributed by atoms with Crippen LogP contribution in [0.1, 0.15) is 59.0 Å². The van der Waals surface area contributed by atoms with Gasteiger partial charge in [-0.25, -0.2) is 40.9 Å². The zero-order chi connectivity index (χ0) is 47.4. The monoisotopic (exact) mass is 964 g/mol. The van der Waals surface area contributed by atoms with Crippen molar-refractivity contribution in [1.82, 2.24) is 44.4 Å². The van der Waals surface area contributed by atoms with Crippen LogP contribution in [-0.4, -0.2) is 65.8 Å². The number of aryl methyl sites for hydroxylation is 1. The van der Waals surface area contributed by atoms with Crippen molar-refractivity contribution in [2.75, 3.05) is 11.0 Å². The third kappa shape index (κ3) is 8.19. The maximum Gasteiger partial charge on any atom is 0.408 e. The number of fused-ring (bicyclic) bond motifs is 5. The molecule has 2 aliphatic carbocycles. The molecule has 0 spiro atoms. The normalized spacial score (nSPS) is 17.0. The van der Waals surface area contributed by atoms with E-state index in [-0.39, 0.29) is 33.5 Å². The average molecular weight is 965 g/mol. The maximum absolute atomic E-state index is 15.6. The summed E-state index contributed by atoms with van der Waals surface area (Å²) in [5.41, 5.74) is -3.67. The zero-order valence-corrected chi connectivity index (χ0v) is 35.4. The fraction of sp³-hybridized carbons (Fsp3) is 0.293. The van der Waals surface area contributed by atoms with E-state index in [0.717, 1.165) is 28.8 Å². The van der Waals surface area contributed by atoms with Crippen molar-refractivity contribution >= 4 is 55.2 Å². The van der Waals surface area contributed by atoms with Gasteiger partial charge in [-0.2, -0.15) is 32.1 Å². The number of halogens is 10. The highest BCUT2D eigenvalue weighted by molar-refractivity contribution is 7.92. The fourth-order valence-corrected chi connectivity index (χ4v) is 9.23. The van der Waals surface area contributed by atoms with E-state index >= 15 is 13.6 Å². The summed E-state index contributed by atoms with van der Waals surface area (Å²) in [5.74, 6) is -9.97. The van der Waals surface area contributed by atoms with E-state index in [0.29, 0.717) is 38.6 Å². The number of hydrogen-bond acceptors (Lipinski definition) is 9. The molecule has 0 aliphatic heterocycles. The van der Waals surface area contributed by atoms with Crippen LogP contribution in [0.3, 0.4) is 0 Å². The van der Waals surface area contributed by atoms with Crippen molar-refractivity contribution in [3.63, 3.8) is 0 Å². The highest BCUT2D eigenvalue weighted by Gasteiger charge is 2.67. The summed E-state index contributed by atoms with van der Waals surface area (Å²) < 4.78 is 160. The number of anilines is 1. The van der Waals surface area contributed by atoms with Crippen molar-refractivity contribution in [1.29, 1.82) is 0 Å². The number of benzene rings is 3. The molecule has 14 nitrogen and oxygen atoms in total. The molecular formula is C41H30ClF9N10O4S. The summed E-state index contributed by atoms with van der Waals surface area (Å²) >= 11 is 6.51. The third-order valence-electron chi connectivity index (χ3n) is 11.2. The number of aromatic nitrogens is 8. The van der Waals surface area contributed by atoms with Crippen molar-refractivity contribution in [3.05, 3.63) is 122 Å². The van der Waals surface area contributed by atoms with E-state index in [1.807, 2.05) is 4.72 Å². The first-order valence-corrected chi connectivity index (χ1v) is 21.9. The quantitative estimate of drug-likeness (QED) is 0.116. The number of carbonyl (C=O) groups is 1. The zero-order valence-electron chi connectivity index (χ0n) is 33.8. The van der Waals surface area contributed by atoms with Gasteiger partial charge < -0.3 is 5.32 Å². The van der Waals surface area contributed by atoms with Gasteiger partial charge in [-0.15, -0.1) is 0 Å². The van der Waals surface area contributed by atoms with E-state index < -0.39 is 129 Å². The number of alkyl halides is 7. The minimum absolute atomic E-state index is 0.0701. The lowest BCUT2D eigenvalue weighted by Crippen LogP contribution is -2.38. The van der Waals surface area contributed by atoms with Gasteiger partial charge in [0.2, 0.25) is 15.9 Å². The standard InChI is InChI=1S/C41H30ClF9N10O4S/c1-17-52-13-20(14-53-17)19-3-4-23-27(10-19)55-38(61(39(23)63)29-6-5-26(42)32-34(29)60(16-40(47,48)49)57-37(32)58-66(2,64)65)28(9-18-7-21(43)11-22(44)8-18)54-30(62)15-59-35-31(33(56-59)36(45)46)24-12-25(24)41(35,50)51/h3-8,10-11,13-14,24-25,28,36H,9,12,15-16H2,1-2H3,(H,54,62)(H,57,58)/t24?,25-,28+/m1/s1. The lowest BCUT2D eigenvalue weighted by atomic mass is 10.0. The van der Waals surface area contributed by atoms with Gasteiger partial charge in [-0.1, -0.05) is 17.7 Å². The van der Waals surface area contributed by atoms with Gasteiger partial charge in [-0.3, -0.25) is 28.2 Å². The minimum atomic E-state index is -5.02. The summed E-state index contributed by atoms with van der Waals surface area (Å²) in [5, 5.41) is 9.15. The van der Waals surface area contributed by atoms with Crippen LogP contribution in [0, 0.1) is 24.5 Å². The molecular weight excluding hydrogens is 935 g/mol. The van der Waals surface area contributed by atoms with Crippen molar-refractivity contribution in [3.8, 4) is 16.8 Å². The Bertz CT molecular complexity index is 3300. The lowest BCUT2D eigenvalue weighted by Gasteiger charge is -2.24. The van der Waals surface area contributed by atoms with Gasteiger partial charge >= 0.3 is 6.18 Å². The smallest absolute Gasteiger partial charge is 0.344 e. The second-order valence-corrected chi connectivity index (χ2v) is 18.1. The van der Waals surface area contributed by atoms with Crippen LogP contribution in [-0.2, 0) is 40.3 Å². The molecule has 3 aromatic carbocycles. The van der Waals surface area contributed by atoms with Crippen LogP contribution in [0.5, 0.6) is 0 Å². The van der Waals surface area contributed by atoms with Gasteiger partial charge in [0.1, 0.15) is 47.8 Å². The first-order chi connectivity index (χ1) is 31.0. The predicted molar refractivity (Wildman–Crippen MR) is 219 cm³/mol. The summed E-state index contributed by atoms with van der Waals surface area (Å²) in [4.78, 5) is 42.3. The van der Waals surface area contributed by atoms with E-state index in [2.05, 4.69) is 25.5 Å². The summed E-state index contributed by atoms with van der Waals surface area (Å²) in [7, 11) is -4.24. The second-order valence-electron chi connectivity index (χ2n) is 15.9. The number of nitrogens with zero attached hydrogens (tertiary/aromatic N) is 8. The maximum atomic E-state index is 15.6. The summed E-state index contributed by atoms with van der Waals surface area (Å²) in [6.45, 7) is -1.34. The Morgan fingerprint density at radius 3 is 2.33 bits per heavy atom. The van der Waals surface area contributed by atoms with Gasteiger partial charge in [0, 0.05) is 41.9 Å². The second kappa shape index (κ2) is 15.8. The molecule has 0 radical (unpaired) electrons. The molecule has 1 unspecified atom stereocenters. The fourth-order valence-electron chi connectivity index (χ4n) is 8.49. The SMILES string of the molecule is Cc1ncc(-c2ccc3c(=O)n(-c4ccc(Cl)c5c(NS(C)(=O)=O)nn(CC(F)(F)F)c45)c([C@H](Cc4cc(F)cc(F)c4)NC(=O)Cn4nc(C(F)F)c5c4C(F)(F)[C@@H]4CC54)nc3c2)cn1. The Morgan fingerprint density at radius 2 is 1.68 bits per heavy atom. The van der Waals surface area contributed by atoms with E-state index in [9.17, 15) is 43.9 Å². The Morgan fingerprint density at radius 1 is 0.985 bits per heavy atom. The van der Waals surface area contributed by atoms with E-state index in [4.69, 9.17) is 16.6 Å². The topological polar surface area (TPSA) is 172 Å². The Kier molecular flexibility index (Phi) is 10.7. The molecule has 3 atom stereocenters. The van der Waals surface area contributed by atoms with Crippen molar-refractivity contribution in [2.45, 2.75) is 63.3 Å². The predicted octanol–water partition coefficient (Wildman–Crippen LogP) is 7.81. The molecule has 4 aromatic heterocycles. The van der Waals surface area contributed by atoms with Gasteiger partial charge in [0.25, 0.3) is 17.9 Å². The number of amides is 1. The Hall–Kier alpha value is -6.56. The number of carbonyl (C=O) groups excluding carboxylic acids is 1. The van der Waals surface area contributed by atoms with Gasteiger partial charge in [-0.05, 0) is 66.8 Å². The minimum Gasteiger partial charge on any atom is -0.344 e. The molecule has 66 heavy (non-hydrogen) atoms. The number of sulfonamides is 1. The van der Waals surface area contributed by atoms with E-state index in [1.54, 1.807) is 6.92 Å². The molecule has 4 heterocycles. The average Bonchev–Trinajstić information content (AvgIpc) is 3.74. The van der Waals surface area contributed by atoms with Crippen LogP contribution in [0.15, 0.2) is 65.7 Å². The molecule has 2 N–H and O–H groups in total. The molecule has 25 heteroatoms. The van der Waals surface area contributed by atoms with Crippen LogP contribution >= 0.6 is 11.6 Å². The van der Waals surface area contributed by atoms with Crippen molar-refractivity contribution < 1.29 is 52.7 Å². The number of hydrogen-bond donors (Lipinski definition) is 2. The van der Waals surface area contributed by atoms with Crippen LogP contribution in [0.2, 0.25) is 5.02 Å². The Labute approximate surface area is 370 Å². The molecule has 1 amide bonds. The first kappa shape index (κ1) is 44.6. The molecule has 0 bridgehead atoms. The number of nitrogens with one attached hydrogen (secondary N) is 2. The number of rotatable bonds is 12. The highest BCUT2D eigenvalue weighted by Crippen LogP contribution is 2.68. The molecule has 2 aliphatic rings. The largest absolute Gasteiger partial charge is 0.408 e. The molecule has 1 saturated carbocycles. The van der Waals surface area contributed by atoms with Crippen LogP contribution < -0.4 is 15.6 Å². The molecule has 344 valence electrons.